The molecule has 1 N–H and O–H groups in total. The minimum atomic E-state index is -1.15. The van der Waals surface area contributed by atoms with Gasteiger partial charge in [0.15, 0.2) is 4.34 Å². The third-order valence-electron chi connectivity index (χ3n) is 3.94. The van der Waals surface area contributed by atoms with Crippen LogP contribution in [0.3, 0.4) is 0 Å². The van der Waals surface area contributed by atoms with Gasteiger partial charge in [0.05, 0.1) is 5.92 Å². The highest BCUT2D eigenvalue weighted by Crippen LogP contribution is 2.48. The zero-order valence-electron chi connectivity index (χ0n) is 11.3. The topological polar surface area (TPSA) is 95.0 Å². The van der Waals surface area contributed by atoms with E-state index in [1.807, 2.05) is 19.1 Å². The SMILES string of the molecule is CCSc1nnc(NC(=O)[C@@H]2[C@@H](C(=O)[O-])[C@H]3C=C[C@@H]2C3)s1. The van der Waals surface area contributed by atoms with Crippen molar-refractivity contribution in [1.29, 1.82) is 0 Å². The number of nitrogens with zero attached hydrogens (tertiary/aromatic N) is 2. The highest BCUT2D eigenvalue weighted by Gasteiger charge is 2.48. The predicted molar refractivity (Wildman–Crippen MR) is 77.7 cm³/mol. The van der Waals surface area contributed by atoms with Crippen LogP contribution in [0.25, 0.3) is 0 Å². The van der Waals surface area contributed by atoms with Crippen molar-refractivity contribution in [2.75, 3.05) is 11.1 Å². The molecule has 0 aromatic carbocycles. The van der Waals surface area contributed by atoms with E-state index in [2.05, 4.69) is 15.5 Å². The molecule has 2 aliphatic carbocycles. The minimum Gasteiger partial charge on any atom is -0.550 e. The van der Waals surface area contributed by atoms with Gasteiger partial charge in [-0.25, -0.2) is 0 Å². The molecule has 8 heteroatoms. The van der Waals surface area contributed by atoms with E-state index >= 15 is 0 Å². The van der Waals surface area contributed by atoms with Crippen molar-refractivity contribution >= 4 is 40.1 Å². The molecule has 1 amide bonds. The van der Waals surface area contributed by atoms with Gasteiger partial charge in [0.1, 0.15) is 0 Å². The van der Waals surface area contributed by atoms with Crippen LogP contribution in [0.5, 0.6) is 0 Å². The number of allylic oxidation sites excluding steroid dienone is 2. The number of aromatic nitrogens is 2. The second kappa shape index (κ2) is 5.76. The Balaban J connectivity index is 1.72. The molecule has 1 heterocycles. The molecule has 2 aliphatic rings. The predicted octanol–water partition coefficient (Wildman–Crippen LogP) is 0.777. The second-order valence-corrected chi connectivity index (χ2v) is 7.60. The van der Waals surface area contributed by atoms with Crippen LogP contribution in [0.4, 0.5) is 5.13 Å². The first-order chi connectivity index (χ1) is 10.1. The molecule has 3 rings (SSSR count). The molecule has 1 aromatic heterocycles. The molecular weight excluding hydrogens is 310 g/mol. The van der Waals surface area contributed by atoms with Gasteiger partial charge in [-0.15, -0.1) is 10.2 Å². The van der Waals surface area contributed by atoms with E-state index in [4.69, 9.17) is 0 Å². The number of anilines is 1. The highest BCUT2D eigenvalue weighted by molar-refractivity contribution is 8.01. The number of fused-ring (bicyclic) bond motifs is 2. The number of carboxylic acids is 1. The Morgan fingerprint density at radius 3 is 2.76 bits per heavy atom. The van der Waals surface area contributed by atoms with Crippen molar-refractivity contribution in [2.45, 2.75) is 17.7 Å². The maximum absolute atomic E-state index is 12.4. The van der Waals surface area contributed by atoms with Crippen LogP contribution >= 0.6 is 23.1 Å². The van der Waals surface area contributed by atoms with Crippen molar-refractivity contribution in [3.8, 4) is 0 Å². The molecule has 0 radical (unpaired) electrons. The molecular formula is C13H14N3O3S2-. The number of carboxylic acid groups (broad SMARTS) is 1. The van der Waals surface area contributed by atoms with Crippen molar-refractivity contribution in [1.82, 2.24) is 10.2 Å². The zero-order valence-corrected chi connectivity index (χ0v) is 12.9. The molecule has 2 bridgehead atoms. The quantitative estimate of drug-likeness (QED) is 0.488. The summed E-state index contributed by atoms with van der Waals surface area (Å²) >= 11 is 2.85. The van der Waals surface area contributed by atoms with Crippen molar-refractivity contribution in [3.05, 3.63) is 12.2 Å². The van der Waals surface area contributed by atoms with Crippen LogP contribution in [0.2, 0.25) is 0 Å². The van der Waals surface area contributed by atoms with Gasteiger partial charge < -0.3 is 15.2 Å². The summed E-state index contributed by atoms with van der Waals surface area (Å²) in [6.07, 6.45) is 4.53. The molecule has 112 valence electrons. The summed E-state index contributed by atoms with van der Waals surface area (Å²) in [5.41, 5.74) is 0. The Morgan fingerprint density at radius 1 is 1.38 bits per heavy atom. The molecule has 1 saturated carbocycles. The van der Waals surface area contributed by atoms with E-state index in [0.29, 0.717) is 11.6 Å². The summed E-state index contributed by atoms with van der Waals surface area (Å²) in [6.45, 7) is 2.01. The lowest BCUT2D eigenvalue weighted by Gasteiger charge is -2.27. The monoisotopic (exact) mass is 324 g/mol. The molecule has 1 aromatic rings. The lowest BCUT2D eigenvalue weighted by Crippen LogP contribution is -2.42. The number of rotatable bonds is 5. The van der Waals surface area contributed by atoms with Gasteiger partial charge in [0, 0.05) is 11.9 Å². The maximum atomic E-state index is 12.4. The number of hydrogen-bond acceptors (Lipinski definition) is 7. The number of nitrogens with one attached hydrogen (secondary N) is 1. The smallest absolute Gasteiger partial charge is 0.230 e. The Labute approximate surface area is 130 Å². The Kier molecular flexibility index (Phi) is 3.99. The van der Waals surface area contributed by atoms with E-state index in [-0.39, 0.29) is 17.7 Å². The van der Waals surface area contributed by atoms with Crippen LogP contribution < -0.4 is 10.4 Å². The lowest BCUT2D eigenvalue weighted by molar-refractivity contribution is -0.313. The Morgan fingerprint density at radius 2 is 2.10 bits per heavy atom. The van der Waals surface area contributed by atoms with Crippen LogP contribution in [0.1, 0.15) is 13.3 Å². The average Bonchev–Trinajstić information content (AvgIpc) is 3.13. The fraction of sp³-hybridized carbons (Fsp3) is 0.538. The first-order valence-corrected chi connectivity index (χ1v) is 8.56. The van der Waals surface area contributed by atoms with Crippen LogP contribution in [0.15, 0.2) is 16.5 Å². The van der Waals surface area contributed by atoms with Gasteiger partial charge in [-0.2, -0.15) is 0 Å². The number of carbonyl (C=O) groups is 2. The van der Waals surface area contributed by atoms with Gasteiger partial charge in [-0.3, -0.25) is 4.79 Å². The van der Waals surface area contributed by atoms with Gasteiger partial charge >= 0.3 is 0 Å². The van der Waals surface area contributed by atoms with E-state index < -0.39 is 17.8 Å². The maximum Gasteiger partial charge on any atom is 0.230 e. The summed E-state index contributed by atoms with van der Waals surface area (Å²) in [4.78, 5) is 23.7. The van der Waals surface area contributed by atoms with E-state index in [1.54, 1.807) is 11.8 Å². The summed E-state index contributed by atoms with van der Waals surface area (Å²) in [5.74, 6) is -1.98. The molecule has 6 nitrogen and oxygen atoms in total. The molecule has 0 aliphatic heterocycles. The second-order valence-electron chi connectivity index (χ2n) is 5.11. The molecule has 0 spiro atoms. The number of hydrogen-bond donors (Lipinski definition) is 1. The van der Waals surface area contributed by atoms with Gasteiger partial charge in [0.2, 0.25) is 11.0 Å². The largest absolute Gasteiger partial charge is 0.550 e. The Bertz CT molecular complexity index is 601. The van der Waals surface area contributed by atoms with Crippen LogP contribution in [-0.4, -0.2) is 27.8 Å². The molecule has 0 saturated heterocycles. The first kappa shape index (κ1) is 14.5. The van der Waals surface area contributed by atoms with E-state index in [9.17, 15) is 14.7 Å². The zero-order chi connectivity index (χ0) is 15.0. The summed E-state index contributed by atoms with van der Waals surface area (Å²) in [7, 11) is 0. The molecule has 4 atom stereocenters. The summed E-state index contributed by atoms with van der Waals surface area (Å²) in [5, 5.41) is 22.3. The first-order valence-electron chi connectivity index (χ1n) is 6.76. The summed E-state index contributed by atoms with van der Waals surface area (Å²) < 4.78 is 0.789. The average molecular weight is 324 g/mol. The van der Waals surface area contributed by atoms with Crippen LogP contribution in [0, 0.1) is 23.7 Å². The fourth-order valence-electron chi connectivity index (χ4n) is 3.13. The van der Waals surface area contributed by atoms with Crippen molar-refractivity contribution in [3.63, 3.8) is 0 Å². The fourth-order valence-corrected chi connectivity index (χ4v) is 4.78. The van der Waals surface area contributed by atoms with E-state index in [0.717, 1.165) is 10.1 Å². The minimum absolute atomic E-state index is 0.0182. The number of amides is 1. The third kappa shape index (κ3) is 2.69. The lowest BCUT2D eigenvalue weighted by atomic mass is 9.82. The standard InChI is InChI=1S/C13H15N3O3S2/c1-2-20-13-16-15-12(21-13)14-10(17)8-6-3-4-7(5-6)9(8)11(18)19/h3-4,6-9H,2,5H2,1H3,(H,18,19)(H,14,15,17)/p-1/t6-,7+,8+,9+/m1/s1. The number of aliphatic carboxylic acids is 1. The normalized spacial score (nSPS) is 29.8. The molecule has 0 unspecified atom stereocenters. The van der Waals surface area contributed by atoms with Crippen molar-refractivity contribution in [2.24, 2.45) is 23.7 Å². The molecule has 1 fully saturated rings. The van der Waals surface area contributed by atoms with E-state index in [1.165, 1.54) is 11.3 Å². The Hall–Kier alpha value is -1.41. The summed E-state index contributed by atoms with van der Waals surface area (Å²) in [6, 6.07) is 0. The van der Waals surface area contributed by atoms with Gasteiger partial charge in [0.25, 0.3) is 0 Å². The van der Waals surface area contributed by atoms with Gasteiger partial charge in [-0.1, -0.05) is 42.2 Å². The molecule has 21 heavy (non-hydrogen) atoms. The van der Waals surface area contributed by atoms with Crippen LogP contribution in [-0.2, 0) is 9.59 Å². The third-order valence-corrected chi connectivity index (χ3v) is 5.79. The van der Waals surface area contributed by atoms with Crippen molar-refractivity contribution < 1.29 is 14.7 Å². The number of carbonyl (C=O) groups excluding carboxylic acids is 2. The number of thioether (sulfide) groups is 1. The highest BCUT2D eigenvalue weighted by atomic mass is 32.2. The van der Waals surface area contributed by atoms with Gasteiger partial charge in [-0.05, 0) is 24.0 Å².